The number of benzene rings is 1. The molecular formula is C14H18O5S. The van der Waals surface area contributed by atoms with Crippen molar-refractivity contribution in [2.24, 2.45) is 0 Å². The zero-order valence-corrected chi connectivity index (χ0v) is 12.1. The molecule has 0 aliphatic heterocycles. The fourth-order valence-electron chi connectivity index (χ4n) is 2.37. The number of carbonyl (C=O) groups is 1. The van der Waals surface area contributed by atoms with Crippen LogP contribution in [-0.4, -0.2) is 31.9 Å². The highest BCUT2D eigenvalue weighted by molar-refractivity contribution is 7.90. The molecule has 0 aromatic heterocycles. The van der Waals surface area contributed by atoms with Crippen molar-refractivity contribution in [3.05, 3.63) is 23.8 Å². The molecule has 0 radical (unpaired) electrons. The van der Waals surface area contributed by atoms with E-state index in [-0.39, 0.29) is 22.3 Å². The lowest BCUT2D eigenvalue weighted by molar-refractivity contribution is 0.0685. The van der Waals surface area contributed by atoms with E-state index >= 15 is 0 Å². The first-order valence-electron chi connectivity index (χ1n) is 6.62. The molecule has 0 heterocycles. The van der Waals surface area contributed by atoms with Crippen molar-refractivity contribution in [3.63, 3.8) is 0 Å². The normalized spacial score (nSPS) is 16.9. The largest absolute Gasteiger partial charge is 0.490 e. The molecule has 1 saturated carbocycles. The van der Waals surface area contributed by atoms with Gasteiger partial charge in [-0.25, -0.2) is 13.2 Å². The molecule has 6 heteroatoms. The van der Waals surface area contributed by atoms with Gasteiger partial charge in [-0.3, -0.25) is 0 Å². The van der Waals surface area contributed by atoms with E-state index in [9.17, 15) is 18.3 Å². The monoisotopic (exact) mass is 298 g/mol. The molecule has 0 amide bonds. The molecule has 0 unspecified atom stereocenters. The summed E-state index contributed by atoms with van der Waals surface area (Å²) in [7, 11) is -3.43. The van der Waals surface area contributed by atoms with E-state index in [4.69, 9.17) is 4.74 Å². The summed E-state index contributed by atoms with van der Waals surface area (Å²) in [6.07, 6.45) is 6.22. The van der Waals surface area contributed by atoms with Crippen LogP contribution in [0.15, 0.2) is 23.1 Å². The van der Waals surface area contributed by atoms with Gasteiger partial charge in [0.2, 0.25) is 0 Å². The Kier molecular flexibility index (Phi) is 4.32. The van der Waals surface area contributed by atoms with Gasteiger partial charge < -0.3 is 9.84 Å². The lowest BCUT2D eigenvalue weighted by Gasteiger charge is -2.23. The van der Waals surface area contributed by atoms with Gasteiger partial charge in [0.15, 0.2) is 9.84 Å². The highest BCUT2D eigenvalue weighted by Crippen LogP contribution is 2.28. The van der Waals surface area contributed by atoms with Crippen molar-refractivity contribution in [3.8, 4) is 5.75 Å². The lowest BCUT2D eigenvalue weighted by atomic mass is 9.97. The van der Waals surface area contributed by atoms with Gasteiger partial charge in [0.25, 0.3) is 0 Å². The van der Waals surface area contributed by atoms with Gasteiger partial charge in [0.1, 0.15) is 11.3 Å². The van der Waals surface area contributed by atoms with Crippen molar-refractivity contribution in [2.75, 3.05) is 6.26 Å². The first kappa shape index (κ1) is 14.8. The molecule has 1 fully saturated rings. The second kappa shape index (κ2) is 5.83. The fourth-order valence-corrected chi connectivity index (χ4v) is 3.02. The number of carboxylic acids is 1. The van der Waals surface area contributed by atoms with Crippen LogP contribution in [0.3, 0.4) is 0 Å². The molecule has 1 aromatic carbocycles. The molecule has 0 atom stereocenters. The van der Waals surface area contributed by atoms with Gasteiger partial charge in [0.05, 0.1) is 11.0 Å². The molecule has 2 rings (SSSR count). The summed E-state index contributed by atoms with van der Waals surface area (Å²) in [5, 5.41) is 9.21. The molecule has 1 aliphatic carbocycles. The lowest BCUT2D eigenvalue weighted by Crippen LogP contribution is -2.21. The summed E-state index contributed by atoms with van der Waals surface area (Å²) in [4.78, 5) is 11.3. The summed E-state index contributed by atoms with van der Waals surface area (Å²) in [5.41, 5.74) is -0.0986. The van der Waals surface area contributed by atoms with E-state index in [1.165, 1.54) is 18.6 Å². The standard InChI is InChI=1S/C14H18O5S/c1-20(17,18)11-7-8-13(12(9-11)14(15)16)19-10-5-3-2-4-6-10/h7-10H,2-6H2,1H3,(H,15,16). The summed E-state index contributed by atoms with van der Waals surface area (Å²) in [6.45, 7) is 0. The van der Waals surface area contributed by atoms with Crippen molar-refractivity contribution in [1.82, 2.24) is 0 Å². The predicted molar refractivity (Wildman–Crippen MR) is 74.0 cm³/mol. The molecular weight excluding hydrogens is 280 g/mol. The van der Waals surface area contributed by atoms with Gasteiger partial charge in [0, 0.05) is 6.26 Å². The first-order valence-corrected chi connectivity index (χ1v) is 8.51. The van der Waals surface area contributed by atoms with Crippen molar-refractivity contribution < 1.29 is 23.1 Å². The van der Waals surface area contributed by atoms with E-state index in [1.54, 1.807) is 0 Å². The maximum atomic E-state index is 11.5. The summed E-state index contributed by atoms with van der Waals surface area (Å²) in [5.74, 6) is -0.932. The van der Waals surface area contributed by atoms with Crippen LogP contribution in [0, 0.1) is 0 Å². The smallest absolute Gasteiger partial charge is 0.339 e. The van der Waals surface area contributed by atoms with Crippen molar-refractivity contribution in [1.29, 1.82) is 0 Å². The zero-order valence-electron chi connectivity index (χ0n) is 11.3. The first-order chi connectivity index (χ1) is 9.38. The number of hydrogen-bond donors (Lipinski definition) is 1. The number of carboxylic acid groups (broad SMARTS) is 1. The van der Waals surface area contributed by atoms with Crippen LogP contribution in [0.4, 0.5) is 0 Å². The number of ether oxygens (including phenoxy) is 1. The minimum absolute atomic E-state index is 0.00843. The zero-order chi connectivity index (χ0) is 14.8. The average Bonchev–Trinajstić information content (AvgIpc) is 2.38. The Bertz CT molecular complexity index is 600. The molecule has 20 heavy (non-hydrogen) atoms. The Morgan fingerprint density at radius 2 is 1.90 bits per heavy atom. The van der Waals surface area contributed by atoms with Crippen molar-refractivity contribution in [2.45, 2.75) is 43.1 Å². The van der Waals surface area contributed by atoms with Crippen LogP contribution in [-0.2, 0) is 9.84 Å². The van der Waals surface area contributed by atoms with Gasteiger partial charge in [-0.1, -0.05) is 6.42 Å². The minimum Gasteiger partial charge on any atom is -0.490 e. The minimum atomic E-state index is -3.43. The molecule has 1 N–H and O–H groups in total. The van der Waals surface area contributed by atoms with Gasteiger partial charge >= 0.3 is 5.97 Å². The van der Waals surface area contributed by atoms with Crippen LogP contribution in [0.1, 0.15) is 42.5 Å². The average molecular weight is 298 g/mol. The summed E-state index contributed by atoms with van der Waals surface area (Å²) < 4.78 is 28.7. The van der Waals surface area contributed by atoms with Crippen LogP contribution >= 0.6 is 0 Å². The van der Waals surface area contributed by atoms with Crippen LogP contribution in [0.5, 0.6) is 5.75 Å². The maximum Gasteiger partial charge on any atom is 0.339 e. The fraction of sp³-hybridized carbons (Fsp3) is 0.500. The molecule has 1 aromatic rings. The Hall–Kier alpha value is -1.56. The maximum absolute atomic E-state index is 11.5. The Morgan fingerprint density at radius 3 is 2.45 bits per heavy atom. The molecule has 0 saturated heterocycles. The van der Waals surface area contributed by atoms with E-state index < -0.39 is 15.8 Å². The van der Waals surface area contributed by atoms with Crippen molar-refractivity contribution >= 4 is 15.8 Å². The quantitative estimate of drug-likeness (QED) is 0.923. The van der Waals surface area contributed by atoms with E-state index in [0.717, 1.165) is 38.0 Å². The van der Waals surface area contributed by atoms with E-state index in [1.807, 2.05) is 0 Å². The predicted octanol–water partition coefficient (Wildman–Crippen LogP) is 2.50. The summed E-state index contributed by atoms with van der Waals surface area (Å²) >= 11 is 0. The molecule has 0 bridgehead atoms. The van der Waals surface area contributed by atoms with Gasteiger partial charge in [-0.15, -0.1) is 0 Å². The third-order valence-electron chi connectivity index (χ3n) is 3.46. The number of hydrogen-bond acceptors (Lipinski definition) is 4. The van der Waals surface area contributed by atoms with Crippen LogP contribution in [0.25, 0.3) is 0 Å². The number of aromatic carboxylic acids is 1. The SMILES string of the molecule is CS(=O)(=O)c1ccc(OC2CCCCC2)c(C(=O)O)c1. The van der Waals surface area contributed by atoms with Gasteiger partial charge in [-0.2, -0.15) is 0 Å². The molecule has 1 aliphatic rings. The number of rotatable bonds is 4. The third-order valence-corrected chi connectivity index (χ3v) is 4.57. The Balaban J connectivity index is 2.30. The molecule has 110 valence electrons. The third kappa shape index (κ3) is 3.50. The number of sulfone groups is 1. The van der Waals surface area contributed by atoms with Gasteiger partial charge in [-0.05, 0) is 43.9 Å². The van der Waals surface area contributed by atoms with E-state index in [0.29, 0.717) is 0 Å². The highest BCUT2D eigenvalue weighted by Gasteiger charge is 2.20. The van der Waals surface area contributed by atoms with Crippen LogP contribution in [0.2, 0.25) is 0 Å². The Labute approximate surface area is 118 Å². The topological polar surface area (TPSA) is 80.7 Å². The Morgan fingerprint density at radius 1 is 1.25 bits per heavy atom. The molecule has 0 spiro atoms. The van der Waals surface area contributed by atoms with E-state index in [2.05, 4.69) is 0 Å². The summed E-state index contributed by atoms with van der Waals surface area (Å²) in [6, 6.07) is 3.99. The second-order valence-electron chi connectivity index (χ2n) is 5.11. The van der Waals surface area contributed by atoms with Crippen LogP contribution < -0.4 is 4.74 Å². The highest BCUT2D eigenvalue weighted by atomic mass is 32.2. The second-order valence-corrected chi connectivity index (χ2v) is 7.13. The molecule has 5 nitrogen and oxygen atoms in total.